The van der Waals surface area contributed by atoms with E-state index >= 15 is 0 Å². The van der Waals surface area contributed by atoms with Crippen LogP contribution in [0.1, 0.15) is 39.0 Å². The van der Waals surface area contributed by atoms with E-state index in [9.17, 15) is 9.59 Å². The van der Waals surface area contributed by atoms with Gasteiger partial charge in [0, 0.05) is 32.8 Å². The summed E-state index contributed by atoms with van der Waals surface area (Å²) in [6.07, 6.45) is 4.51. The van der Waals surface area contributed by atoms with E-state index in [0.29, 0.717) is 12.8 Å². The maximum absolute atomic E-state index is 12.8. The van der Waals surface area contributed by atoms with Gasteiger partial charge in [-0.2, -0.15) is 0 Å². The number of rotatable bonds is 2. The zero-order valence-corrected chi connectivity index (χ0v) is 12.4. The van der Waals surface area contributed by atoms with Crippen LogP contribution < -0.4 is 5.32 Å². The Labute approximate surface area is 120 Å². The van der Waals surface area contributed by atoms with Crippen molar-refractivity contribution >= 4 is 11.8 Å². The molecule has 5 heteroatoms. The minimum atomic E-state index is -0.750. The highest BCUT2D eigenvalue weighted by molar-refractivity contribution is 6.07. The maximum Gasteiger partial charge on any atom is 0.238 e. The summed E-state index contributed by atoms with van der Waals surface area (Å²) in [7, 11) is 1.61. The Bertz CT molecular complexity index is 425. The number of nitrogens with zero attached hydrogens (tertiary/aromatic N) is 1. The van der Waals surface area contributed by atoms with E-state index in [0.717, 1.165) is 39.0 Å². The lowest BCUT2D eigenvalue weighted by Gasteiger charge is -2.39. The van der Waals surface area contributed by atoms with E-state index in [1.807, 2.05) is 4.90 Å². The monoisotopic (exact) mass is 280 g/mol. The molecule has 1 saturated carbocycles. The molecule has 3 fully saturated rings. The first-order valence-electron chi connectivity index (χ1n) is 7.67. The molecule has 0 bridgehead atoms. The summed E-state index contributed by atoms with van der Waals surface area (Å²) in [6, 6.07) is 0.223. The Hall–Kier alpha value is -1.10. The third-order valence-electron chi connectivity index (χ3n) is 5.77. The predicted molar refractivity (Wildman–Crippen MR) is 74.0 cm³/mol. The molecular formula is C15H24N2O3. The van der Waals surface area contributed by atoms with Crippen molar-refractivity contribution in [2.45, 2.75) is 45.1 Å². The molecule has 112 valence electrons. The quantitative estimate of drug-likeness (QED) is 0.766. The minimum absolute atomic E-state index is 0.0488. The summed E-state index contributed by atoms with van der Waals surface area (Å²) in [4.78, 5) is 26.8. The number of amides is 2. The molecule has 0 radical (unpaired) electrons. The number of ether oxygens (including phenoxy) is 1. The number of hydrogen-bond donors (Lipinski definition) is 1. The number of carbonyl (C=O) groups excluding carboxylic acids is 2. The molecule has 1 spiro atoms. The van der Waals surface area contributed by atoms with Crippen molar-refractivity contribution in [2.24, 2.45) is 10.8 Å². The van der Waals surface area contributed by atoms with E-state index < -0.39 is 5.41 Å². The molecule has 1 N–H and O–H groups in total. The van der Waals surface area contributed by atoms with Gasteiger partial charge in [0.25, 0.3) is 0 Å². The third-order valence-corrected chi connectivity index (χ3v) is 5.77. The highest BCUT2D eigenvalue weighted by atomic mass is 16.5. The second-order valence-electron chi connectivity index (χ2n) is 6.56. The van der Waals surface area contributed by atoms with Gasteiger partial charge in [0.2, 0.25) is 11.8 Å². The lowest BCUT2D eigenvalue weighted by atomic mass is 9.74. The van der Waals surface area contributed by atoms with Crippen LogP contribution in [0.3, 0.4) is 0 Å². The van der Waals surface area contributed by atoms with Crippen LogP contribution in [0.4, 0.5) is 0 Å². The Kier molecular flexibility index (Phi) is 3.27. The van der Waals surface area contributed by atoms with Crippen LogP contribution in [-0.4, -0.2) is 49.6 Å². The summed E-state index contributed by atoms with van der Waals surface area (Å²) in [5.41, 5.74) is -0.535. The highest BCUT2D eigenvalue weighted by Gasteiger charge is 2.60. The van der Waals surface area contributed by atoms with E-state index in [2.05, 4.69) is 12.2 Å². The normalized spacial score (nSPS) is 30.3. The number of carbonyl (C=O) groups is 2. The number of likely N-dealkylation sites (tertiary alicyclic amines) is 1. The van der Waals surface area contributed by atoms with Gasteiger partial charge in [-0.1, -0.05) is 0 Å². The van der Waals surface area contributed by atoms with Crippen LogP contribution in [0.2, 0.25) is 0 Å². The largest absolute Gasteiger partial charge is 0.381 e. The topological polar surface area (TPSA) is 58.6 Å². The first-order valence-corrected chi connectivity index (χ1v) is 7.67. The molecule has 0 aromatic rings. The van der Waals surface area contributed by atoms with Crippen LogP contribution in [-0.2, 0) is 14.3 Å². The minimum Gasteiger partial charge on any atom is -0.381 e. The Morgan fingerprint density at radius 3 is 2.35 bits per heavy atom. The van der Waals surface area contributed by atoms with Crippen molar-refractivity contribution < 1.29 is 14.3 Å². The number of hydrogen-bond acceptors (Lipinski definition) is 3. The fourth-order valence-corrected chi connectivity index (χ4v) is 3.98. The summed E-state index contributed by atoms with van der Waals surface area (Å²) in [5, 5.41) is 2.65. The second-order valence-corrected chi connectivity index (χ2v) is 6.56. The zero-order chi connectivity index (χ0) is 14.4. The lowest BCUT2D eigenvalue weighted by Crippen LogP contribution is -2.49. The van der Waals surface area contributed by atoms with Crippen molar-refractivity contribution in [2.75, 3.05) is 26.8 Å². The zero-order valence-electron chi connectivity index (χ0n) is 12.4. The van der Waals surface area contributed by atoms with Crippen LogP contribution in [0, 0.1) is 10.8 Å². The van der Waals surface area contributed by atoms with Gasteiger partial charge < -0.3 is 15.0 Å². The molecule has 1 aliphatic carbocycles. The van der Waals surface area contributed by atoms with Crippen molar-refractivity contribution in [1.82, 2.24) is 10.2 Å². The van der Waals surface area contributed by atoms with Crippen LogP contribution >= 0.6 is 0 Å². The fraction of sp³-hybridized carbons (Fsp3) is 0.867. The molecule has 0 aromatic carbocycles. The summed E-state index contributed by atoms with van der Waals surface area (Å²) >= 11 is 0. The molecule has 0 unspecified atom stereocenters. The van der Waals surface area contributed by atoms with Gasteiger partial charge in [-0.3, -0.25) is 9.59 Å². The Balaban J connectivity index is 1.76. The maximum atomic E-state index is 12.8. The smallest absolute Gasteiger partial charge is 0.238 e. The first kappa shape index (κ1) is 13.9. The predicted octanol–water partition coefficient (Wildman–Crippen LogP) is 0.930. The van der Waals surface area contributed by atoms with Crippen molar-refractivity contribution in [3.05, 3.63) is 0 Å². The van der Waals surface area contributed by atoms with Gasteiger partial charge in [0.1, 0.15) is 5.41 Å². The highest BCUT2D eigenvalue weighted by Crippen LogP contribution is 2.51. The molecule has 5 nitrogen and oxygen atoms in total. The number of nitrogens with one attached hydrogen (secondary N) is 1. The van der Waals surface area contributed by atoms with Crippen LogP contribution in [0.25, 0.3) is 0 Å². The van der Waals surface area contributed by atoms with Gasteiger partial charge in [0.15, 0.2) is 0 Å². The van der Waals surface area contributed by atoms with Crippen molar-refractivity contribution in [3.63, 3.8) is 0 Å². The van der Waals surface area contributed by atoms with Gasteiger partial charge in [-0.05, 0) is 44.4 Å². The lowest BCUT2D eigenvalue weighted by molar-refractivity contribution is -0.145. The molecular weight excluding hydrogens is 256 g/mol. The standard InChI is InChI=1S/C15H24N2O3/c1-11-14(6-9-20-10-7-14)5-8-17(11)13(19)15(3-4-15)12(18)16-2/h11H,3-10H2,1-2H3,(H,16,18)/t11-/m0/s1. The first-order chi connectivity index (χ1) is 9.56. The molecule has 2 amide bonds. The van der Waals surface area contributed by atoms with Crippen molar-refractivity contribution in [1.29, 1.82) is 0 Å². The summed E-state index contributed by atoms with van der Waals surface area (Å²) in [5.74, 6) is -0.0599. The molecule has 1 atom stereocenters. The van der Waals surface area contributed by atoms with Gasteiger partial charge in [-0.25, -0.2) is 0 Å². The Morgan fingerprint density at radius 1 is 1.15 bits per heavy atom. The molecule has 2 saturated heterocycles. The average Bonchev–Trinajstić information content (AvgIpc) is 3.23. The second kappa shape index (κ2) is 4.72. The molecule has 3 aliphatic rings. The molecule has 0 aromatic heterocycles. The van der Waals surface area contributed by atoms with Crippen LogP contribution in [0.15, 0.2) is 0 Å². The van der Waals surface area contributed by atoms with E-state index in [1.165, 1.54) is 0 Å². The molecule has 3 rings (SSSR count). The average molecular weight is 280 g/mol. The van der Waals surface area contributed by atoms with Crippen LogP contribution in [0.5, 0.6) is 0 Å². The molecule has 20 heavy (non-hydrogen) atoms. The van der Waals surface area contributed by atoms with E-state index in [1.54, 1.807) is 7.05 Å². The fourth-order valence-electron chi connectivity index (χ4n) is 3.98. The van der Waals surface area contributed by atoms with E-state index in [-0.39, 0.29) is 23.3 Å². The van der Waals surface area contributed by atoms with E-state index in [4.69, 9.17) is 4.74 Å². The molecule has 2 heterocycles. The SMILES string of the molecule is CNC(=O)C1(C(=O)N2CCC3(CCOCC3)[C@@H]2C)CC1. The van der Waals surface area contributed by atoms with Gasteiger partial charge >= 0.3 is 0 Å². The summed E-state index contributed by atoms with van der Waals surface area (Å²) in [6.45, 7) is 4.54. The summed E-state index contributed by atoms with van der Waals surface area (Å²) < 4.78 is 5.47. The Morgan fingerprint density at radius 2 is 1.80 bits per heavy atom. The third kappa shape index (κ3) is 1.86. The van der Waals surface area contributed by atoms with Gasteiger partial charge in [0.05, 0.1) is 0 Å². The van der Waals surface area contributed by atoms with Gasteiger partial charge in [-0.15, -0.1) is 0 Å². The van der Waals surface area contributed by atoms with Crippen molar-refractivity contribution in [3.8, 4) is 0 Å². The molecule has 2 aliphatic heterocycles.